The van der Waals surface area contributed by atoms with E-state index in [9.17, 15) is 8.42 Å². The van der Waals surface area contributed by atoms with Crippen LogP contribution < -0.4 is 14.4 Å². The van der Waals surface area contributed by atoms with Gasteiger partial charge in [0.1, 0.15) is 5.75 Å². The van der Waals surface area contributed by atoms with Gasteiger partial charge in [-0.15, -0.1) is 0 Å². The van der Waals surface area contributed by atoms with Crippen molar-refractivity contribution in [1.29, 1.82) is 0 Å². The zero-order chi connectivity index (χ0) is 30.5. The zero-order valence-electron chi connectivity index (χ0n) is 26.2. The van der Waals surface area contributed by atoms with Crippen molar-refractivity contribution >= 4 is 27.3 Å². The van der Waals surface area contributed by atoms with Crippen LogP contribution in [0.5, 0.6) is 5.75 Å². The first-order valence-electron chi connectivity index (χ1n) is 16.7. The van der Waals surface area contributed by atoms with E-state index in [2.05, 4.69) is 34.7 Å². The van der Waals surface area contributed by atoms with Gasteiger partial charge >= 0.3 is 0 Å². The highest BCUT2D eigenvalue weighted by Gasteiger charge is 2.51. The van der Waals surface area contributed by atoms with Crippen LogP contribution in [0.3, 0.4) is 0 Å². The largest absolute Gasteiger partial charge is 0.490 e. The molecule has 44 heavy (non-hydrogen) atoms. The van der Waals surface area contributed by atoms with Crippen LogP contribution in [-0.4, -0.2) is 58.8 Å². The predicted molar refractivity (Wildman–Crippen MR) is 174 cm³/mol. The summed E-state index contributed by atoms with van der Waals surface area (Å²) in [4.78, 5) is 2.56. The van der Waals surface area contributed by atoms with Crippen LogP contribution in [0.4, 0.5) is 5.69 Å². The van der Waals surface area contributed by atoms with E-state index in [0.717, 1.165) is 80.1 Å². The predicted octanol–water partition coefficient (Wildman–Crippen LogP) is 6.25. The Balaban J connectivity index is 1.29. The average Bonchev–Trinajstić information content (AvgIpc) is 3.14. The minimum Gasteiger partial charge on any atom is -0.490 e. The lowest BCUT2D eigenvalue weighted by molar-refractivity contribution is -0.212. The molecule has 6 atom stereocenters. The van der Waals surface area contributed by atoms with Crippen LogP contribution in [0.15, 0.2) is 36.4 Å². The van der Waals surface area contributed by atoms with Gasteiger partial charge in [0.05, 0.1) is 43.0 Å². The molecule has 7 nitrogen and oxygen atoms in total. The highest BCUT2D eigenvalue weighted by atomic mass is 35.5. The number of hydrogen-bond donors (Lipinski definition) is 1. The molecule has 7 rings (SSSR count). The van der Waals surface area contributed by atoms with Crippen molar-refractivity contribution in [3.8, 4) is 5.75 Å². The van der Waals surface area contributed by atoms with Crippen molar-refractivity contribution in [2.24, 2.45) is 17.8 Å². The maximum absolute atomic E-state index is 13.4. The highest BCUT2D eigenvalue weighted by Crippen LogP contribution is 2.50. The maximum atomic E-state index is 13.4. The third-order valence-electron chi connectivity index (χ3n) is 11.6. The minimum atomic E-state index is -3.49. The van der Waals surface area contributed by atoms with E-state index in [1.165, 1.54) is 17.5 Å². The average molecular weight is 643 g/mol. The summed E-state index contributed by atoms with van der Waals surface area (Å²) in [6, 6.07) is 12.6. The van der Waals surface area contributed by atoms with Gasteiger partial charge < -0.3 is 19.1 Å². The van der Waals surface area contributed by atoms with Crippen molar-refractivity contribution in [3.63, 3.8) is 0 Å². The van der Waals surface area contributed by atoms with Crippen molar-refractivity contribution in [2.75, 3.05) is 44.4 Å². The molecule has 2 spiro atoms. The lowest BCUT2D eigenvalue weighted by Gasteiger charge is -2.53. The van der Waals surface area contributed by atoms with Gasteiger partial charge in [-0.25, -0.2) is 13.1 Å². The van der Waals surface area contributed by atoms with E-state index in [-0.39, 0.29) is 23.5 Å². The highest BCUT2D eigenvalue weighted by molar-refractivity contribution is 7.90. The molecular weight excluding hydrogens is 596 g/mol. The van der Waals surface area contributed by atoms with Crippen LogP contribution in [0.1, 0.15) is 75.5 Å². The fourth-order valence-corrected chi connectivity index (χ4v) is 10.3. The molecule has 0 aromatic heterocycles. The summed E-state index contributed by atoms with van der Waals surface area (Å²) in [5, 5.41) is 0.309. The Morgan fingerprint density at radius 3 is 2.68 bits per heavy atom. The summed E-state index contributed by atoms with van der Waals surface area (Å²) in [5.41, 5.74) is 4.25. The Bertz CT molecular complexity index is 1480. The van der Waals surface area contributed by atoms with E-state index in [1.807, 2.05) is 25.1 Å². The monoisotopic (exact) mass is 642 g/mol. The standard InChI is InChI=1S/C35H47ClN2O5S/c1-24-5-3-14-35(23-41-15-16-43-35)31-10-8-28(31)20-38-21-34(13-4-6-27-18-29(36)9-11-30(27)34)22-42-33-12-7-26(17-32(33)38)19-37-44(39,40)25(24)2/h7,9,11-12,17-18,24-25,28,31,37H,3-6,8,10,13-16,19-23H2,1-2H3/t24-,25+,28-,31+,34-,35+/m0/s1. The summed E-state index contributed by atoms with van der Waals surface area (Å²) in [6.07, 6.45) is 8.19. The lowest BCUT2D eigenvalue weighted by atomic mass is 9.62. The number of benzene rings is 2. The molecule has 240 valence electrons. The number of nitrogens with one attached hydrogen (secondary N) is 1. The molecule has 2 bridgehead atoms. The number of fused-ring (bicyclic) bond motifs is 5. The van der Waals surface area contributed by atoms with E-state index in [4.69, 9.17) is 25.8 Å². The maximum Gasteiger partial charge on any atom is 0.214 e. The SMILES string of the molecule is C[C@@H]1[C@@H](C)CCC[C@@]2(COCCO2)[C@@H]2CC[C@H]2CN2C[C@@]3(CCCc4cc(Cl)ccc43)COc3ccc(cc32)CNS1(=O)=O. The fourth-order valence-electron chi connectivity index (χ4n) is 8.75. The Morgan fingerprint density at radius 2 is 1.89 bits per heavy atom. The quantitative estimate of drug-likeness (QED) is 0.366. The summed E-state index contributed by atoms with van der Waals surface area (Å²) in [7, 11) is -3.49. The summed E-state index contributed by atoms with van der Waals surface area (Å²) < 4.78 is 49.2. The molecule has 2 aromatic rings. The fraction of sp³-hybridized carbons (Fsp3) is 0.657. The van der Waals surface area contributed by atoms with Crippen LogP contribution >= 0.6 is 11.6 Å². The third-order valence-corrected chi connectivity index (χ3v) is 13.9. The Hall–Kier alpha value is -1.84. The van der Waals surface area contributed by atoms with Crippen molar-refractivity contribution in [3.05, 3.63) is 58.1 Å². The molecule has 0 amide bonds. The third kappa shape index (κ3) is 5.68. The number of anilines is 1. The zero-order valence-corrected chi connectivity index (χ0v) is 27.7. The number of rotatable bonds is 0. The van der Waals surface area contributed by atoms with E-state index in [0.29, 0.717) is 38.3 Å². The van der Waals surface area contributed by atoms with Crippen LogP contribution in [0, 0.1) is 17.8 Å². The first kappa shape index (κ1) is 30.8. The van der Waals surface area contributed by atoms with E-state index >= 15 is 0 Å². The molecule has 3 aliphatic heterocycles. The number of hydrogen-bond acceptors (Lipinski definition) is 6. The molecule has 0 unspecified atom stereocenters. The van der Waals surface area contributed by atoms with Gasteiger partial charge in [-0.2, -0.15) is 0 Å². The number of halogens is 1. The van der Waals surface area contributed by atoms with Gasteiger partial charge in [0.2, 0.25) is 10.0 Å². The van der Waals surface area contributed by atoms with Crippen molar-refractivity contribution in [2.45, 2.75) is 88.0 Å². The van der Waals surface area contributed by atoms with Gasteiger partial charge in [0.25, 0.3) is 0 Å². The van der Waals surface area contributed by atoms with Gasteiger partial charge in [0, 0.05) is 30.1 Å². The van der Waals surface area contributed by atoms with Gasteiger partial charge in [-0.05, 0) is 111 Å². The number of aryl methyl sites for hydroxylation is 1. The van der Waals surface area contributed by atoms with Crippen molar-refractivity contribution in [1.82, 2.24) is 4.72 Å². The second kappa shape index (κ2) is 12.1. The molecule has 1 saturated heterocycles. The molecule has 1 saturated carbocycles. The summed E-state index contributed by atoms with van der Waals surface area (Å²) >= 11 is 6.46. The lowest BCUT2D eigenvalue weighted by Crippen LogP contribution is -2.57. The number of ether oxygens (including phenoxy) is 3. The Labute approximate surface area is 268 Å². The normalized spacial score (nSPS) is 35.6. The summed E-state index contributed by atoms with van der Waals surface area (Å²) in [5.74, 6) is 1.82. The molecule has 9 heteroatoms. The van der Waals surface area contributed by atoms with Crippen LogP contribution in [0.2, 0.25) is 5.02 Å². The molecule has 5 aliphatic rings. The molecule has 0 radical (unpaired) electrons. The van der Waals surface area contributed by atoms with Crippen LogP contribution in [0.25, 0.3) is 0 Å². The number of nitrogens with zero attached hydrogens (tertiary/aromatic N) is 1. The van der Waals surface area contributed by atoms with Gasteiger partial charge in [-0.1, -0.05) is 37.1 Å². The minimum absolute atomic E-state index is 0.0412. The molecule has 1 N–H and O–H groups in total. The van der Waals surface area contributed by atoms with Crippen LogP contribution in [-0.2, 0) is 37.9 Å². The smallest absolute Gasteiger partial charge is 0.214 e. The first-order chi connectivity index (χ1) is 21.2. The molecular formula is C35H47ClN2O5S. The molecule has 2 aliphatic carbocycles. The molecule has 2 fully saturated rings. The van der Waals surface area contributed by atoms with Gasteiger partial charge in [-0.3, -0.25) is 0 Å². The molecule has 3 heterocycles. The first-order valence-corrected chi connectivity index (χ1v) is 18.6. The van der Waals surface area contributed by atoms with Crippen molar-refractivity contribution < 1.29 is 22.6 Å². The second-order valence-corrected chi connectivity index (χ2v) is 16.8. The second-order valence-electron chi connectivity index (χ2n) is 14.3. The molecule has 2 aromatic carbocycles. The number of sulfonamides is 1. The van der Waals surface area contributed by atoms with E-state index < -0.39 is 15.3 Å². The van der Waals surface area contributed by atoms with Gasteiger partial charge in [0.15, 0.2) is 0 Å². The summed E-state index contributed by atoms with van der Waals surface area (Å²) in [6.45, 7) is 8.45. The van der Waals surface area contributed by atoms with E-state index in [1.54, 1.807) is 0 Å². The Morgan fingerprint density at radius 1 is 1.00 bits per heavy atom. The topological polar surface area (TPSA) is 77.1 Å². The Kier molecular flexibility index (Phi) is 8.45.